The third-order valence-corrected chi connectivity index (χ3v) is 4.82. The molecule has 1 aromatic carbocycles. The molecule has 1 heterocycles. The molecule has 0 saturated heterocycles. The quantitative estimate of drug-likeness (QED) is 0.853. The van der Waals surface area contributed by atoms with Gasteiger partial charge in [0, 0.05) is 36.5 Å². The van der Waals surface area contributed by atoms with Gasteiger partial charge in [0.05, 0.1) is 4.90 Å². The summed E-state index contributed by atoms with van der Waals surface area (Å²) < 4.78 is 29.0. The molecular weight excluding hydrogens is 310 g/mol. The fourth-order valence-corrected chi connectivity index (χ4v) is 3.21. The average Bonchev–Trinajstić information content (AvgIpc) is 2.91. The molecule has 2 rings (SSSR count). The molecular formula is C14H18ClN3O2S. The van der Waals surface area contributed by atoms with E-state index < -0.39 is 10.0 Å². The maximum atomic E-state index is 12.3. The molecule has 3 N–H and O–H groups in total. The molecule has 21 heavy (non-hydrogen) atoms. The summed E-state index contributed by atoms with van der Waals surface area (Å²) >= 11 is 5.80. The van der Waals surface area contributed by atoms with Crippen LogP contribution in [0.25, 0.3) is 0 Å². The molecule has 0 fully saturated rings. The summed E-state index contributed by atoms with van der Waals surface area (Å²) in [5.74, 6) is 0. The van der Waals surface area contributed by atoms with E-state index in [1.165, 1.54) is 0 Å². The van der Waals surface area contributed by atoms with Crippen molar-refractivity contribution in [3.05, 3.63) is 52.8 Å². The second-order valence-electron chi connectivity index (χ2n) is 4.61. The Balaban J connectivity index is 2.14. The standard InChI is InChI=1S/C14H18ClN3O2S/c1-2-18-10-14(7-13(18)8-16)21(19,20)17-9-11-3-5-12(15)6-4-11/h3-7,10,17H,2,8-9,16H2,1H3. The minimum atomic E-state index is -3.55. The highest BCUT2D eigenvalue weighted by Gasteiger charge is 2.17. The lowest BCUT2D eigenvalue weighted by atomic mass is 10.2. The van der Waals surface area contributed by atoms with Crippen molar-refractivity contribution in [3.63, 3.8) is 0 Å². The molecule has 0 aliphatic carbocycles. The number of benzene rings is 1. The van der Waals surface area contributed by atoms with Crippen molar-refractivity contribution < 1.29 is 8.42 Å². The summed E-state index contributed by atoms with van der Waals surface area (Å²) in [6.45, 7) is 3.14. The summed E-state index contributed by atoms with van der Waals surface area (Å²) in [4.78, 5) is 0.235. The van der Waals surface area contributed by atoms with Crippen LogP contribution >= 0.6 is 11.6 Å². The van der Waals surface area contributed by atoms with Gasteiger partial charge in [-0.05, 0) is 30.7 Å². The van der Waals surface area contributed by atoms with Gasteiger partial charge in [-0.2, -0.15) is 0 Å². The molecule has 5 nitrogen and oxygen atoms in total. The summed E-state index contributed by atoms with van der Waals surface area (Å²) in [6, 6.07) is 8.63. The molecule has 0 spiro atoms. The predicted molar refractivity (Wildman–Crippen MR) is 83.5 cm³/mol. The molecule has 114 valence electrons. The summed E-state index contributed by atoms with van der Waals surface area (Å²) in [6.07, 6.45) is 1.60. The molecule has 0 aliphatic rings. The average molecular weight is 328 g/mol. The monoisotopic (exact) mass is 327 g/mol. The Labute approximate surface area is 129 Å². The van der Waals surface area contributed by atoms with E-state index in [1.54, 1.807) is 36.5 Å². The first-order valence-electron chi connectivity index (χ1n) is 6.59. The van der Waals surface area contributed by atoms with Gasteiger partial charge in [-0.3, -0.25) is 0 Å². The topological polar surface area (TPSA) is 77.1 Å². The summed E-state index contributed by atoms with van der Waals surface area (Å²) in [5, 5.41) is 0.620. The van der Waals surface area contributed by atoms with Gasteiger partial charge in [0.2, 0.25) is 10.0 Å². The third-order valence-electron chi connectivity index (χ3n) is 3.20. The molecule has 1 aromatic heterocycles. The van der Waals surface area contributed by atoms with E-state index in [0.29, 0.717) is 18.1 Å². The van der Waals surface area contributed by atoms with E-state index in [1.807, 2.05) is 11.5 Å². The maximum Gasteiger partial charge on any atom is 0.242 e. The molecule has 0 saturated carbocycles. The van der Waals surface area contributed by atoms with E-state index in [9.17, 15) is 8.42 Å². The number of hydrogen-bond acceptors (Lipinski definition) is 3. The van der Waals surface area contributed by atoms with Gasteiger partial charge in [0.25, 0.3) is 0 Å². The highest BCUT2D eigenvalue weighted by Crippen LogP contribution is 2.15. The number of hydrogen-bond donors (Lipinski definition) is 2. The van der Waals surface area contributed by atoms with Crippen molar-refractivity contribution in [2.24, 2.45) is 5.73 Å². The minimum absolute atomic E-state index is 0.217. The van der Waals surface area contributed by atoms with Gasteiger partial charge in [-0.25, -0.2) is 13.1 Å². The molecule has 0 aliphatic heterocycles. The highest BCUT2D eigenvalue weighted by atomic mass is 35.5. The van der Waals surface area contributed by atoms with Crippen LogP contribution in [0.15, 0.2) is 41.4 Å². The highest BCUT2D eigenvalue weighted by molar-refractivity contribution is 7.89. The Morgan fingerprint density at radius 2 is 1.95 bits per heavy atom. The zero-order chi connectivity index (χ0) is 15.5. The first-order chi connectivity index (χ1) is 9.96. The first-order valence-corrected chi connectivity index (χ1v) is 8.45. The fourth-order valence-electron chi connectivity index (χ4n) is 2.00. The fraction of sp³-hybridized carbons (Fsp3) is 0.286. The van der Waals surface area contributed by atoms with Crippen LogP contribution in [0.1, 0.15) is 18.2 Å². The lowest BCUT2D eigenvalue weighted by Crippen LogP contribution is -2.22. The van der Waals surface area contributed by atoms with Crippen molar-refractivity contribution in [3.8, 4) is 0 Å². The Bertz CT molecular complexity index is 687. The van der Waals surface area contributed by atoms with Gasteiger partial charge in [0.15, 0.2) is 0 Å². The Morgan fingerprint density at radius 1 is 1.29 bits per heavy atom. The Hall–Kier alpha value is -1.34. The molecule has 0 unspecified atom stereocenters. The number of halogens is 1. The largest absolute Gasteiger partial charge is 0.349 e. The maximum absolute atomic E-state index is 12.3. The lowest BCUT2D eigenvalue weighted by molar-refractivity contribution is 0.581. The summed E-state index contributed by atoms with van der Waals surface area (Å²) in [5.41, 5.74) is 7.25. The van der Waals surface area contributed by atoms with Crippen LogP contribution in [0.3, 0.4) is 0 Å². The number of nitrogens with zero attached hydrogens (tertiary/aromatic N) is 1. The van der Waals surface area contributed by atoms with E-state index >= 15 is 0 Å². The van der Waals surface area contributed by atoms with Gasteiger partial charge in [-0.15, -0.1) is 0 Å². The van der Waals surface area contributed by atoms with Crippen LogP contribution in [0, 0.1) is 0 Å². The molecule has 7 heteroatoms. The molecule has 0 bridgehead atoms. The van der Waals surface area contributed by atoms with Crippen molar-refractivity contribution in [2.75, 3.05) is 0 Å². The van der Waals surface area contributed by atoms with E-state index in [4.69, 9.17) is 17.3 Å². The molecule has 0 radical (unpaired) electrons. The summed E-state index contributed by atoms with van der Waals surface area (Å²) in [7, 11) is -3.55. The van der Waals surface area contributed by atoms with Crippen LogP contribution in [0.5, 0.6) is 0 Å². The van der Waals surface area contributed by atoms with Crippen LogP contribution in [-0.4, -0.2) is 13.0 Å². The van der Waals surface area contributed by atoms with Crippen molar-refractivity contribution in [1.82, 2.24) is 9.29 Å². The van der Waals surface area contributed by atoms with Crippen molar-refractivity contribution in [1.29, 1.82) is 0 Å². The second-order valence-corrected chi connectivity index (χ2v) is 6.81. The SMILES string of the molecule is CCn1cc(S(=O)(=O)NCc2ccc(Cl)cc2)cc1CN. The van der Waals surface area contributed by atoms with E-state index in [-0.39, 0.29) is 11.4 Å². The van der Waals surface area contributed by atoms with Crippen LogP contribution in [0.2, 0.25) is 5.02 Å². The van der Waals surface area contributed by atoms with E-state index in [0.717, 1.165) is 11.3 Å². The second kappa shape index (κ2) is 6.62. The van der Waals surface area contributed by atoms with Gasteiger partial charge < -0.3 is 10.3 Å². The first kappa shape index (κ1) is 16.0. The minimum Gasteiger partial charge on any atom is -0.349 e. The van der Waals surface area contributed by atoms with E-state index in [2.05, 4.69) is 4.72 Å². The number of nitrogens with one attached hydrogen (secondary N) is 1. The Kier molecular flexibility index (Phi) is 5.05. The predicted octanol–water partition coefficient (Wildman–Crippen LogP) is 2.10. The third kappa shape index (κ3) is 3.85. The number of rotatable bonds is 6. The molecule has 0 atom stereocenters. The van der Waals surface area contributed by atoms with Crippen molar-refractivity contribution in [2.45, 2.75) is 31.5 Å². The Morgan fingerprint density at radius 3 is 2.48 bits per heavy atom. The van der Waals surface area contributed by atoms with Gasteiger partial charge in [0.1, 0.15) is 0 Å². The number of aromatic nitrogens is 1. The molecule has 0 amide bonds. The van der Waals surface area contributed by atoms with Crippen molar-refractivity contribution >= 4 is 21.6 Å². The zero-order valence-corrected chi connectivity index (χ0v) is 13.3. The van der Waals surface area contributed by atoms with Gasteiger partial charge in [-0.1, -0.05) is 23.7 Å². The van der Waals surface area contributed by atoms with Gasteiger partial charge >= 0.3 is 0 Å². The molecule has 2 aromatic rings. The number of sulfonamides is 1. The lowest BCUT2D eigenvalue weighted by Gasteiger charge is -2.05. The number of nitrogens with two attached hydrogens (primary N) is 1. The number of aryl methyl sites for hydroxylation is 1. The zero-order valence-electron chi connectivity index (χ0n) is 11.7. The van der Waals surface area contributed by atoms with Crippen LogP contribution < -0.4 is 10.5 Å². The smallest absolute Gasteiger partial charge is 0.242 e. The van der Waals surface area contributed by atoms with Crippen LogP contribution in [0.4, 0.5) is 0 Å². The normalized spacial score (nSPS) is 11.8. The van der Waals surface area contributed by atoms with Crippen LogP contribution in [-0.2, 0) is 29.7 Å².